The van der Waals surface area contributed by atoms with Crippen LogP contribution in [0.5, 0.6) is 0 Å². The van der Waals surface area contributed by atoms with Crippen LogP contribution in [-0.4, -0.2) is 18.3 Å². The van der Waals surface area contributed by atoms with Crippen molar-refractivity contribution in [2.45, 2.75) is 17.6 Å². The summed E-state index contributed by atoms with van der Waals surface area (Å²) in [5, 5.41) is 12.5. The molecular weight excluding hydrogens is 328 g/mol. The van der Waals surface area contributed by atoms with E-state index < -0.39 is 20.5 Å². The Kier molecular flexibility index (Phi) is 4.02. The highest BCUT2D eigenvalue weighted by Crippen LogP contribution is 2.31. The third kappa shape index (κ3) is 2.98. The molecule has 0 N–H and O–H groups in total. The molecule has 0 spiro atoms. The van der Waals surface area contributed by atoms with Gasteiger partial charge in [0, 0.05) is 23.3 Å². The summed E-state index contributed by atoms with van der Waals surface area (Å²) < 4.78 is 25.2. The number of aryl methyl sites for hydroxylation is 1. The maximum atomic E-state index is 12.6. The van der Waals surface area contributed by atoms with Crippen molar-refractivity contribution >= 4 is 26.3 Å². The van der Waals surface area contributed by atoms with Crippen molar-refractivity contribution < 1.29 is 13.3 Å². The van der Waals surface area contributed by atoms with Gasteiger partial charge in [0.2, 0.25) is 0 Å². The molecule has 0 unspecified atom stereocenters. The van der Waals surface area contributed by atoms with Crippen LogP contribution < -0.4 is 0 Å². The molecule has 24 heavy (non-hydrogen) atoms. The maximum Gasteiger partial charge on any atom is 0.281 e. The highest BCUT2D eigenvalue weighted by atomic mass is 32.2. The second kappa shape index (κ2) is 6.01. The number of nitro benzene ring substituents is 1. The normalized spacial score (nSPS) is 11.5. The number of aromatic nitrogens is 1. The Morgan fingerprint density at radius 1 is 1.08 bits per heavy atom. The molecule has 0 saturated carbocycles. The Hall–Kier alpha value is -2.80. The van der Waals surface area contributed by atoms with E-state index in [2.05, 4.69) is 4.98 Å². The van der Waals surface area contributed by atoms with E-state index in [-0.39, 0.29) is 16.1 Å². The van der Waals surface area contributed by atoms with E-state index in [0.717, 1.165) is 5.56 Å². The molecule has 2 aromatic carbocycles. The molecule has 0 amide bonds. The summed E-state index contributed by atoms with van der Waals surface area (Å²) >= 11 is 0. The summed E-state index contributed by atoms with van der Waals surface area (Å²) in [7, 11) is -3.67. The molecule has 0 aliphatic carbocycles. The van der Waals surface area contributed by atoms with Gasteiger partial charge in [-0.25, -0.2) is 8.42 Å². The molecule has 1 heterocycles. The zero-order valence-electron chi connectivity index (χ0n) is 12.8. The van der Waals surface area contributed by atoms with Crippen LogP contribution in [0, 0.1) is 17.0 Å². The molecule has 6 nitrogen and oxygen atoms in total. The average Bonchev–Trinajstić information content (AvgIpc) is 2.54. The fourth-order valence-electron chi connectivity index (χ4n) is 2.56. The number of hydrogen-bond acceptors (Lipinski definition) is 5. The van der Waals surface area contributed by atoms with E-state index in [9.17, 15) is 18.5 Å². The van der Waals surface area contributed by atoms with Crippen LogP contribution in [0.2, 0.25) is 0 Å². The minimum atomic E-state index is -3.67. The zero-order valence-corrected chi connectivity index (χ0v) is 13.7. The van der Waals surface area contributed by atoms with E-state index in [1.165, 1.54) is 36.7 Å². The molecule has 0 atom stereocenters. The minimum absolute atomic E-state index is 0.150. The van der Waals surface area contributed by atoms with Gasteiger partial charge >= 0.3 is 0 Å². The molecule has 0 bridgehead atoms. The number of nitrogens with zero attached hydrogens (tertiary/aromatic N) is 2. The standard InChI is InChI=1S/C17H14N2O4S/c1-12-2-6-15(7-3-12)24(22,23)11-14-5-4-13-10-18-9-8-16(13)17(14)19(20)21/h2-10H,11H2,1H3. The predicted molar refractivity (Wildman–Crippen MR) is 90.5 cm³/mol. The van der Waals surface area contributed by atoms with Gasteiger partial charge in [0.1, 0.15) is 0 Å². The van der Waals surface area contributed by atoms with Crippen molar-refractivity contribution in [1.29, 1.82) is 0 Å². The fraction of sp³-hybridized carbons (Fsp3) is 0.118. The number of benzene rings is 2. The lowest BCUT2D eigenvalue weighted by Gasteiger charge is -2.08. The van der Waals surface area contributed by atoms with Gasteiger partial charge in [-0.05, 0) is 25.1 Å². The lowest BCUT2D eigenvalue weighted by atomic mass is 10.1. The summed E-state index contributed by atoms with van der Waals surface area (Å²) in [5.41, 5.74) is 0.919. The molecule has 0 fully saturated rings. The van der Waals surface area contributed by atoms with E-state index in [1.807, 2.05) is 6.92 Å². The van der Waals surface area contributed by atoms with Crippen LogP contribution in [0.1, 0.15) is 11.1 Å². The Balaban J connectivity index is 2.11. The largest absolute Gasteiger partial charge is 0.281 e. The van der Waals surface area contributed by atoms with E-state index in [0.29, 0.717) is 10.8 Å². The van der Waals surface area contributed by atoms with Gasteiger partial charge in [-0.1, -0.05) is 29.8 Å². The number of hydrogen-bond donors (Lipinski definition) is 0. The SMILES string of the molecule is Cc1ccc(S(=O)(=O)Cc2ccc3cnccc3c2[N+](=O)[O-])cc1. The van der Waals surface area contributed by atoms with Crippen molar-refractivity contribution in [3.8, 4) is 0 Å². The first-order valence-corrected chi connectivity index (χ1v) is 8.83. The first kappa shape index (κ1) is 16.1. The molecule has 0 saturated heterocycles. The summed E-state index contributed by atoms with van der Waals surface area (Å²) in [6.07, 6.45) is 2.97. The number of pyridine rings is 1. The maximum absolute atomic E-state index is 12.6. The van der Waals surface area contributed by atoms with Gasteiger partial charge in [-0.15, -0.1) is 0 Å². The third-order valence-corrected chi connectivity index (χ3v) is 5.46. The Bertz CT molecular complexity index is 1030. The zero-order chi connectivity index (χ0) is 17.3. The lowest BCUT2D eigenvalue weighted by Crippen LogP contribution is -2.07. The van der Waals surface area contributed by atoms with Crippen molar-refractivity contribution in [2.75, 3.05) is 0 Å². The van der Waals surface area contributed by atoms with Gasteiger partial charge in [-0.3, -0.25) is 15.1 Å². The highest BCUT2D eigenvalue weighted by Gasteiger charge is 2.24. The van der Waals surface area contributed by atoms with Gasteiger partial charge in [-0.2, -0.15) is 0 Å². The topological polar surface area (TPSA) is 90.2 Å². The highest BCUT2D eigenvalue weighted by molar-refractivity contribution is 7.90. The van der Waals surface area contributed by atoms with E-state index in [4.69, 9.17) is 0 Å². The van der Waals surface area contributed by atoms with Gasteiger partial charge < -0.3 is 0 Å². The lowest BCUT2D eigenvalue weighted by molar-refractivity contribution is -0.383. The molecular formula is C17H14N2O4S. The Labute approximate surface area is 138 Å². The van der Waals surface area contributed by atoms with Crippen LogP contribution in [0.15, 0.2) is 59.8 Å². The van der Waals surface area contributed by atoms with Crippen LogP contribution in [0.3, 0.4) is 0 Å². The molecule has 3 rings (SSSR count). The second-order valence-electron chi connectivity index (χ2n) is 5.50. The van der Waals surface area contributed by atoms with Gasteiger partial charge in [0.05, 0.1) is 21.0 Å². The second-order valence-corrected chi connectivity index (χ2v) is 7.49. The first-order valence-electron chi connectivity index (χ1n) is 7.18. The van der Waals surface area contributed by atoms with Crippen LogP contribution in [-0.2, 0) is 15.6 Å². The van der Waals surface area contributed by atoms with Gasteiger partial charge in [0.25, 0.3) is 5.69 Å². The monoisotopic (exact) mass is 342 g/mol. The molecule has 3 aromatic rings. The smallest absolute Gasteiger partial charge is 0.264 e. The molecule has 0 radical (unpaired) electrons. The van der Waals surface area contributed by atoms with Crippen molar-refractivity contribution in [2.24, 2.45) is 0 Å². The Morgan fingerprint density at radius 2 is 1.79 bits per heavy atom. The summed E-state index contributed by atoms with van der Waals surface area (Å²) in [4.78, 5) is 15.0. The van der Waals surface area contributed by atoms with Crippen LogP contribution in [0.4, 0.5) is 5.69 Å². The third-order valence-electron chi connectivity index (χ3n) is 3.78. The molecule has 7 heteroatoms. The van der Waals surface area contributed by atoms with Crippen molar-refractivity contribution in [3.05, 3.63) is 76.1 Å². The summed E-state index contributed by atoms with van der Waals surface area (Å²) in [6, 6.07) is 11.1. The van der Waals surface area contributed by atoms with Crippen LogP contribution in [0.25, 0.3) is 10.8 Å². The van der Waals surface area contributed by atoms with E-state index in [1.54, 1.807) is 18.2 Å². The Morgan fingerprint density at radius 3 is 2.46 bits per heavy atom. The number of fused-ring (bicyclic) bond motifs is 1. The predicted octanol–water partition coefficient (Wildman–Crippen LogP) is 3.43. The number of sulfone groups is 1. The van der Waals surface area contributed by atoms with Gasteiger partial charge in [0.15, 0.2) is 9.84 Å². The molecule has 1 aromatic heterocycles. The fourth-order valence-corrected chi connectivity index (χ4v) is 3.92. The molecule has 0 aliphatic rings. The molecule has 0 aliphatic heterocycles. The van der Waals surface area contributed by atoms with Crippen LogP contribution >= 0.6 is 0 Å². The summed E-state index contributed by atoms with van der Waals surface area (Å²) in [6.45, 7) is 1.86. The number of rotatable bonds is 4. The minimum Gasteiger partial charge on any atom is -0.264 e. The van der Waals surface area contributed by atoms with E-state index >= 15 is 0 Å². The van der Waals surface area contributed by atoms with Crippen molar-refractivity contribution in [3.63, 3.8) is 0 Å². The molecule has 122 valence electrons. The summed E-state index contributed by atoms with van der Waals surface area (Å²) in [5.74, 6) is -0.426. The first-order chi connectivity index (χ1) is 11.4. The number of nitro groups is 1. The average molecular weight is 342 g/mol. The quantitative estimate of drug-likeness (QED) is 0.535. The van der Waals surface area contributed by atoms with Crippen molar-refractivity contribution in [1.82, 2.24) is 4.98 Å².